The molecule has 0 saturated heterocycles. The average molecular weight is 273 g/mol. The molecule has 0 unspecified atom stereocenters. The van der Waals surface area contributed by atoms with Gasteiger partial charge in [0.1, 0.15) is 11.6 Å². The third kappa shape index (κ3) is 3.26. The van der Waals surface area contributed by atoms with Crippen LogP contribution in [0.1, 0.15) is 26.5 Å². The van der Waals surface area contributed by atoms with Crippen LogP contribution in [0.4, 0.5) is 5.95 Å². The van der Waals surface area contributed by atoms with Crippen molar-refractivity contribution in [2.75, 3.05) is 5.32 Å². The minimum absolute atomic E-state index is 0.247. The van der Waals surface area contributed by atoms with E-state index in [0.29, 0.717) is 17.2 Å². The Balaban J connectivity index is 2.33. The van der Waals surface area contributed by atoms with Crippen molar-refractivity contribution in [3.63, 3.8) is 0 Å². The zero-order chi connectivity index (χ0) is 13.8. The maximum atomic E-state index is 9.33. The van der Waals surface area contributed by atoms with Crippen LogP contribution in [0.2, 0.25) is 0 Å². The summed E-state index contributed by atoms with van der Waals surface area (Å²) in [5, 5.41) is 18.4. The number of nitriles is 1. The summed E-state index contributed by atoms with van der Waals surface area (Å²) < 4.78 is 0. The summed E-state index contributed by atoms with van der Waals surface area (Å²) in [4.78, 5) is 8.52. The first-order valence-electron chi connectivity index (χ1n) is 5.95. The Labute approximate surface area is 116 Å². The number of rotatable bonds is 3. The summed E-state index contributed by atoms with van der Waals surface area (Å²) in [5.74, 6) is 0.536. The smallest absolute Gasteiger partial charge is 0.223 e. The van der Waals surface area contributed by atoms with Gasteiger partial charge in [0.05, 0.1) is 10.7 Å². The van der Waals surface area contributed by atoms with Gasteiger partial charge in [0, 0.05) is 17.9 Å². The number of nitrogens with one attached hydrogen (secondary N) is 2. The van der Waals surface area contributed by atoms with Gasteiger partial charge in [-0.2, -0.15) is 5.26 Å². The molecule has 0 radical (unpaired) electrons. The Hall–Kier alpha value is -2.00. The monoisotopic (exact) mass is 273 g/mol. The molecule has 2 rings (SSSR count). The van der Waals surface area contributed by atoms with Crippen LogP contribution in [0.15, 0.2) is 28.4 Å². The zero-order valence-corrected chi connectivity index (χ0v) is 11.9. The molecule has 98 valence electrons. The molecule has 0 amide bonds. The third-order valence-corrected chi connectivity index (χ3v) is 3.35. The van der Waals surface area contributed by atoms with Gasteiger partial charge in [-0.3, -0.25) is 0 Å². The van der Waals surface area contributed by atoms with Gasteiger partial charge in [0.2, 0.25) is 5.95 Å². The van der Waals surface area contributed by atoms with E-state index in [0.717, 1.165) is 10.7 Å². The molecule has 1 aromatic rings. The van der Waals surface area contributed by atoms with Crippen LogP contribution in [-0.4, -0.2) is 16.0 Å². The molecule has 0 bridgehead atoms. The number of anilines is 1. The lowest BCUT2D eigenvalue weighted by molar-refractivity contribution is 0.873. The number of hydrogen-bond donors (Lipinski definition) is 2. The molecule has 0 atom stereocenters. The SMILES string of the molecule is CC1=CSC(=C(C#N)c2ccnc(NC(C)C)n2)N1. The highest BCUT2D eigenvalue weighted by Gasteiger charge is 2.15. The van der Waals surface area contributed by atoms with E-state index in [9.17, 15) is 5.26 Å². The molecular weight excluding hydrogens is 258 g/mol. The van der Waals surface area contributed by atoms with Gasteiger partial charge in [0.25, 0.3) is 0 Å². The summed E-state index contributed by atoms with van der Waals surface area (Å²) >= 11 is 1.50. The lowest BCUT2D eigenvalue weighted by atomic mass is 10.2. The summed E-state index contributed by atoms with van der Waals surface area (Å²) in [6.45, 7) is 5.99. The molecule has 0 aliphatic carbocycles. The Kier molecular flexibility index (Phi) is 4.07. The first-order valence-corrected chi connectivity index (χ1v) is 6.83. The molecule has 0 fully saturated rings. The fourth-order valence-electron chi connectivity index (χ4n) is 1.56. The van der Waals surface area contributed by atoms with Crippen molar-refractivity contribution in [2.24, 2.45) is 0 Å². The van der Waals surface area contributed by atoms with E-state index in [1.807, 2.05) is 26.2 Å². The lowest BCUT2D eigenvalue weighted by Crippen LogP contribution is -2.13. The minimum atomic E-state index is 0.247. The molecule has 0 aromatic carbocycles. The summed E-state index contributed by atoms with van der Waals surface area (Å²) in [7, 11) is 0. The van der Waals surface area contributed by atoms with Crippen molar-refractivity contribution < 1.29 is 0 Å². The van der Waals surface area contributed by atoms with Crippen molar-refractivity contribution >= 4 is 23.3 Å². The molecule has 1 aliphatic heterocycles. The first kappa shape index (κ1) is 13.4. The predicted molar refractivity (Wildman–Crippen MR) is 77.8 cm³/mol. The maximum Gasteiger partial charge on any atom is 0.223 e. The molecule has 2 N–H and O–H groups in total. The molecule has 2 heterocycles. The van der Waals surface area contributed by atoms with E-state index in [4.69, 9.17) is 0 Å². The minimum Gasteiger partial charge on any atom is -0.352 e. The van der Waals surface area contributed by atoms with Crippen molar-refractivity contribution in [1.29, 1.82) is 5.26 Å². The summed E-state index contributed by atoms with van der Waals surface area (Å²) in [5.41, 5.74) is 2.19. The van der Waals surface area contributed by atoms with Gasteiger partial charge < -0.3 is 10.6 Å². The van der Waals surface area contributed by atoms with Crippen molar-refractivity contribution in [2.45, 2.75) is 26.8 Å². The van der Waals surface area contributed by atoms with E-state index in [2.05, 4.69) is 26.7 Å². The number of nitrogens with zero attached hydrogens (tertiary/aromatic N) is 3. The van der Waals surface area contributed by atoms with Gasteiger partial charge >= 0.3 is 0 Å². The summed E-state index contributed by atoms with van der Waals surface area (Å²) in [6, 6.07) is 4.20. The highest BCUT2D eigenvalue weighted by atomic mass is 32.2. The van der Waals surface area contributed by atoms with Gasteiger partial charge in [-0.05, 0) is 32.2 Å². The zero-order valence-electron chi connectivity index (χ0n) is 11.1. The van der Waals surface area contributed by atoms with E-state index in [1.54, 1.807) is 12.3 Å². The van der Waals surface area contributed by atoms with Crippen molar-refractivity contribution in [3.8, 4) is 6.07 Å². The molecule has 5 nitrogen and oxygen atoms in total. The van der Waals surface area contributed by atoms with Crippen molar-refractivity contribution in [3.05, 3.63) is 34.1 Å². The molecular formula is C13H15N5S. The van der Waals surface area contributed by atoms with Gasteiger partial charge in [0.15, 0.2) is 0 Å². The average Bonchev–Trinajstić information content (AvgIpc) is 2.76. The van der Waals surface area contributed by atoms with Gasteiger partial charge in [-0.1, -0.05) is 11.8 Å². The van der Waals surface area contributed by atoms with E-state index < -0.39 is 0 Å². The van der Waals surface area contributed by atoms with Crippen LogP contribution >= 0.6 is 11.8 Å². The molecule has 0 saturated carbocycles. The van der Waals surface area contributed by atoms with Crippen molar-refractivity contribution in [1.82, 2.24) is 15.3 Å². The Morgan fingerprint density at radius 3 is 2.89 bits per heavy atom. The standard InChI is InChI=1S/C13H15N5S/c1-8(2)16-13-15-5-4-11(18-13)10(6-14)12-17-9(3)7-19-12/h4-5,7-8,17H,1-3H3,(H,15,16,18). The molecule has 1 aromatic heterocycles. The predicted octanol–water partition coefficient (Wildman–Crippen LogP) is 2.69. The molecule has 19 heavy (non-hydrogen) atoms. The van der Waals surface area contributed by atoms with Crippen LogP contribution in [-0.2, 0) is 0 Å². The second-order valence-corrected chi connectivity index (χ2v) is 5.30. The summed E-state index contributed by atoms with van der Waals surface area (Å²) in [6.07, 6.45) is 1.66. The van der Waals surface area contributed by atoms with E-state index in [1.165, 1.54) is 11.8 Å². The fourth-order valence-corrected chi connectivity index (χ4v) is 2.40. The quantitative estimate of drug-likeness (QED) is 0.825. The highest BCUT2D eigenvalue weighted by Crippen LogP contribution is 2.30. The lowest BCUT2D eigenvalue weighted by Gasteiger charge is -2.09. The second kappa shape index (κ2) is 5.76. The first-order chi connectivity index (χ1) is 9.10. The topological polar surface area (TPSA) is 73.6 Å². The number of aromatic nitrogens is 2. The highest BCUT2D eigenvalue weighted by molar-refractivity contribution is 8.06. The van der Waals surface area contributed by atoms with Gasteiger partial charge in [-0.25, -0.2) is 9.97 Å². The third-order valence-electron chi connectivity index (χ3n) is 2.33. The Bertz CT molecular complexity index is 583. The molecule has 6 heteroatoms. The number of hydrogen-bond acceptors (Lipinski definition) is 6. The Morgan fingerprint density at radius 2 is 2.32 bits per heavy atom. The van der Waals surface area contributed by atoms with Crippen LogP contribution in [0.25, 0.3) is 5.57 Å². The largest absolute Gasteiger partial charge is 0.352 e. The molecule has 0 spiro atoms. The van der Waals surface area contributed by atoms with Gasteiger partial charge in [-0.15, -0.1) is 0 Å². The molecule has 1 aliphatic rings. The van der Waals surface area contributed by atoms with E-state index >= 15 is 0 Å². The number of thioether (sulfide) groups is 1. The Morgan fingerprint density at radius 1 is 1.53 bits per heavy atom. The maximum absolute atomic E-state index is 9.33. The van der Waals surface area contributed by atoms with Crippen LogP contribution in [0, 0.1) is 11.3 Å². The van der Waals surface area contributed by atoms with Crippen LogP contribution in [0.3, 0.4) is 0 Å². The second-order valence-electron chi connectivity index (χ2n) is 4.42. The number of allylic oxidation sites excluding steroid dienone is 2. The van der Waals surface area contributed by atoms with E-state index in [-0.39, 0.29) is 6.04 Å². The normalized spacial score (nSPS) is 16.7. The fraction of sp³-hybridized carbons (Fsp3) is 0.308. The van der Waals surface area contributed by atoms with Crippen LogP contribution in [0.5, 0.6) is 0 Å². The van der Waals surface area contributed by atoms with Crippen LogP contribution < -0.4 is 10.6 Å².